The van der Waals surface area contributed by atoms with Crippen molar-refractivity contribution < 1.29 is 79.5 Å². The number of alkyl halides is 5. The third-order valence-corrected chi connectivity index (χ3v) is 20.7. The summed E-state index contributed by atoms with van der Waals surface area (Å²) in [5.74, 6) is -13.8. The summed E-state index contributed by atoms with van der Waals surface area (Å²) in [6.45, 7) is 9.03. The molecule has 4 fully saturated rings. The summed E-state index contributed by atoms with van der Waals surface area (Å²) in [4.78, 5) is 188. The van der Waals surface area contributed by atoms with Gasteiger partial charge >= 0.3 is 6.18 Å². The van der Waals surface area contributed by atoms with E-state index in [-0.39, 0.29) is 56.0 Å². The molecule has 9 atom stereocenters. The van der Waals surface area contributed by atoms with Gasteiger partial charge in [-0.3, -0.25) is 62.4 Å². The molecule has 5 rings (SSSR count). The van der Waals surface area contributed by atoms with Crippen molar-refractivity contribution in [1.82, 2.24) is 64.9 Å². The number of likely N-dealkylation sites (N-methyl/N-ethyl adjacent to an activating group) is 8. The van der Waals surface area contributed by atoms with E-state index in [9.17, 15) is 60.3 Å². The standard InChI is InChI=1S/C70H109ClF5N13O12/c1-16-44(6)59-67(100)82(10)38-57(92)80(8)39-58(93)84(12)53(35-46-23-19-17-20-24-46)65(98)81(9)37-55(90)77-50(28-26-47-25-27-48(49(71)34-47)70(74,75)76)63(96)85(13)52(29-32-88-40-69(72,73)41-88)62(95)78-51(33-42(2)3)64(97)87(15)60(43(4)5)68(101)86(14)54(66(99)89-30-21-18-22-31-89)36-56(91)83(11)45(7)61(94)79-59/h25,27,34,42-46,50-54,59-60H,16-24,26,28-33,35-41H2,1-15H3,(H,77,90)(H,78,95)(H,79,94)/t44-,45-,50-,51-,52-,53-,54?,59-,60-/m0/s1. The minimum absolute atomic E-state index is 0.0305. The van der Waals surface area contributed by atoms with Gasteiger partial charge in [-0.05, 0) is 99.7 Å². The number of rotatable bonds is 14. The van der Waals surface area contributed by atoms with Crippen LogP contribution in [0.15, 0.2) is 18.2 Å². The number of likely N-dealkylation sites (tertiary alicyclic amines) is 2. The summed E-state index contributed by atoms with van der Waals surface area (Å²) < 4.78 is 70.4. The van der Waals surface area contributed by atoms with Crippen molar-refractivity contribution >= 4 is 82.5 Å². The lowest BCUT2D eigenvalue weighted by Crippen LogP contribution is -2.62. The Bertz CT molecular complexity index is 3110. The van der Waals surface area contributed by atoms with E-state index in [1.807, 2.05) is 0 Å². The van der Waals surface area contributed by atoms with Crippen molar-refractivity contribution in [2.24, 2.45) is 23.7 Å². The first-order valence-electron chi connectivity index (χ1n) is 35.3. The molecule has 0 spiro atoms. The van der Waals surface area contributed by atoms with Gasteiger partial charge in [-0.15, -0.1) is 0 Å². The number of hydrogen-bond acceptors (Lipinski definition) is 13. The van der Waals surface area contributed by atoms with Gasteiger partial charge in [0.15, 0.2) is 0 Å². The van der Waals surface area contributed by atoms with Gasteiger partial charge < -0.3 is 60.0 Å². The van der Waals surface area contributed by atoms with Crippen LogP contribution in [0.2, 0.25) is 5.02 Å². The van der Waals surface area contributed by atoms with Crippen LogP contribution in [-0.4, -0.2) is 283 Å². The van der Waals surface area contributed by atoms with Crippen molar-refractivity contribution in [3.05, 3.63) is 34.3 Å². The maximum absolute atomic E-state index is 15.3. The molecular weight excluding hydrogens is 1350 g/mol. The zero-order chi connectivity index (χ0) is 75.9. The van der Waals surface area contributed by atoms with Crippen LogP contribution < -0.4 is 16.0 Å². The van der Waals surface area contributed by atoms with Gasteiger partial charge in [0, 0.05) is 76.0 Å². The number of benzene rings is 1. The number of hydrogen-bond donors (Lipinski definition) is 3. The lowest BCUT2D eigenvalue weighted by atomic mass is 9.84. The molecular formula is C70H109ClF5N13O12. The summed E-state index contributed by atoms with van der Waals surface area (Å²) in [5, 5.41) is 7.56. The Morgan fingerprint density at radius 2 is 1.21 bits per heavy atom. The predicted molar refractivity (Wildman–Crippen MR) is 368 cm³/mol. The van der Waals surface area contributed by atoms with Gasteiger partial charge in [-0.2, -0.15) is 13.2 Å². The quantitative estimate of drug-likeness (QED) is 0.213. The number of halogens is 6. The maximum atomic E-state index is 15.3. The molecule has 101 heavy (non-hydrogen) atoms. The fourth-order valence-corrected chi connectivity index (χ4v) is 13.9. The van der Waals surface area contributed by atoms with Crippen LogP contribution in [0.25, 0.3) is 0 Å². The Labute approximate surface area is 596 Å². The Hall–Kier alpha value is -7.24. The number of carbonyl (C=O) groups excluding carboxylic acids is 12. The Morgan fingerprint density at radius 1 is 0.624 bits per heavy atom. The van der Waals surface area contributed by atoms with Crippen LogP contribution in [0, 0.1) is 23.7 Å². The third-order valence-electron chi connectivity index (χ3n) is 20.4. The highest BCUT2D eigenvalue weighted by atomic mass is 35.5. The number of nitrogens with one attached hydrogen (secondary N) is 3. The van der Waals surface area contributed by atoms with E-state index < -0.39 is 193 Å². The molecule has 3 N–H and O–H groups in total. The van der Waals surface area contributed by atoms with Crippen LogP contribution >= 0.6 is 11.6 Å². The van der Waals surface area contributed by atoms with Crippen molar-refractivity contribution in [2.45, 2.75) is 205 Å². The zero-order valence-corrected chi connectivity index (χ0v) is 62.3. The second-order valence-corrected chi connectivity index (χ2v) is 29.5. The maximum Gasteiger partial charge on any atom is 0.417 e. The van der Waals surface area contributed by atoms with E-state index in [4.69, 9.17) is 11.6 Å². The molecule has 3 aliphatic heterocycles. The minimum atomic E-state index is -4.82. The molecule has 3 saturated heterocycles. The molecule has 1 saturated carbocycles. The summed E-state index contributed by atoms with van der Waals surface area (Å²) >= 11 is 6.13. The summed E-state index contributed by atoms with van der Waals surface area (Å²) in [7, 11) is 10.6. The second-order valence-electron chi connectivity index (χ2n) is 29.1. The lowest BCUT2D eigenvalue weighted by molar-refractivity contribution is -0.155. The summed E-state index contributed by atoms with van der Waals surface area (Å²) in [6.07, 6.45) is 0.433. The highest BCUT2D eigenvalue weighted by Crippen LogP contribution is 2.36. The molecule has 25 nitrogen and oxygen atoms in total. The number of carbonyl (C=O) groups is 12. The first-order valence-corrected chi connectivity index (χ1v) is 35.7. The molecule has 0 aromatic heterocycles. The van der Waals surface area contributed by atoms with E-state index in [0.717, 1.165) is 91.0 Å². The molecule has 0 bridgehead atoms. The Kier molecular flexibility index (Phi) is 31.2. The molecule has 1 aromatic rings. The molecule has 12 amide bonds. The van der Waals surface area contributed by atoms with Crippen LogP contribution in [-0.2, 0) is 70.1 Å². The zero-order valence-electron chi connectivity index (χ0n) is 61.6. The third kappa shape index (κ3) is 23.1. The Balaban J connectivity index is 1.64. The minimum Gasteiger partial charge on any atom is -0.343 e. The SMILES string of the molecule is CC[C@H](C)[C@@H]1NC(=O)[C@H](C)N(C)C(=O)CC(C(=O)N2CCCCC2)N(C)C(=O)[C@H](C(C)C)N(C)C(=O)[C@H](CC(C)C)NC(=O)[C@H](CCN2CC(F)(F)C2)N(C)C(=O)[C@H](CCc2ccc(C(F)(F)F)c(Cl)c2)NC(=O)CN(C)C(=O)[C@H](CC2CCCCC2)N(C)C(=O)CN(C)C(=O)CN(C)C1=O. The predicted octanol–water partition coefficient (Wildman–Crippen LogP) is 4.75. The van der Waals surface area contributed by atoms with E-state index in [1.54, 1.807) is 46.4 Å². The highest BCUT2D eigenvalue weighted by Gasteiger charge is 2.47. The largest absolute Gasteiger partial charge is 0.417 e. The molecule has 568 valence electrons. The van der Waals surface area contributed by atoms with Crippen LogP contribution in [0.5, 0.6) is 0 Å². The van der Waals surface area contributed by atoms with Crippen molar-refractivity contribution in [3.8, 4) is 0 Å². The number of piperidine rings is 1. The molecule has 31 heteroatoms. The van der Waals surface area contributed by atoms with E-state index >= 15 is 19.2 Å². The molecule has 4 aliphatic rings. The average Bonchev–Trinajstić information content (AvgIpc) is 0.810. The van der Waals surface area contributed by atoms with Gasteiger partial charge in [-0.1, -0.05) is 97.7 Å². The molecule has 1 aliphatic carbocycles. The van der Waals surface area contributed by atoms with Crippen molar-refractivity contribution in [3.63, 3.8) is 0 Å². The van der Waals surface area contributed by atoms with E-state index in [0.29, 0.717) is 32.4 Å². The monoisotopic (exact) mass is 1450 g/mol. The Morgan fingerprint density at radius 3 is 1.77 bits per heavy atom. The lowest BCUT2D eigenvalue weighted by Gasteiger charge is -2.41. The normalized spacial score (nSPS) is 26.2. The van der Waals surface area contributed by atoms with Crippen LogP contribution in [0.3, 0.4) is 0 Å². The summed E-state index contributed by atoms with van der Waals surface area (Å²) in [6, 6.07) is -8.22. The molecule has 1 aromatic carbocycles. The molecule has 1 unspecified atom stereocenters. The highest BCUT2D eigenvalue weighted by molar-refractivity contribution is 6.31. The number of nitrogens with zero attached hydrogens (tertiary/aromatic N) is 10. The smallest absolute Gasteiger partial charge is 0.343 e. The second kappa shape index (κ2) is 37.3. The fourth-order valence-electron chi connectivity index (χ4n) is 13.6. The van der Waals surface area contributed by atoms with Crippen LogP contribution in [0.1, 0.15) is 149 Å². The molecule has 0 radical (unpaired) electrons. The number of amides is 12. The average molecular weight is 1460 g/mol. The first-order chi connectivity index (χ1) is 47.1. The molecule has 3 heterocycles. The van der Waals surface area contributed by atoms with Gasteiger partial charge in [0.2, 0.25) is 70.9 Å². The van der Waals surface area contributed by atoms with E-state index in [1.165, 1.54) is 73.1 Å². The first kappa shape index (κ1) is 84.4. The topological polar surface area (TPSA) is 273 Å². The van der Waals surface area contributed by atoms with Crippen molar-refractivity contribution in [1.29, 1.82) is 0 Å². The van der Waals surface area contributed by atoms with E-state index in [2.05, 4.69) is 16.0 Å². The van der Waals surface area contributed by atoms with Gasteiger partial charge in [0.05, 0.1) is 49.7 Å². The van der Waals surface area contributed by atoms with Gasteiger partial charge in [-0.25, -0.2) is 8.78 Å². The summed E-state index contributed by atoms with van der Waals surface area (Å²) in [5.41, 5.74) is -0.924. The van der Waals surface area contributed by atoms with Crippen LogP contribution in [0.4, 0.5) is 22.0 Å². The number of aryl methyl sites for hydroxylation is 1. The van der Waals surface area contributed by atoms with Crippen molar-refractivity contribution in [2.75, 3.05) is 109 Å². The fraction of sp³-hybridized carbons (Fsp3) is 0.743. The van der Waals surface area contributed by atoms with Gasteiger partial charge in [0.25, 0.3) is 5.92 Å². The van der Waals surface area contributed by atoms with Gasteiger partial charge in [0.1, 0.15) is 48.3 Å².